The van der Waals surface area contributed by atoms with Crippen molar-refractivity contribution >= 4 is 6.09 Å². The molecule has 1 fully saturated rings. The van der Waals surface area contributed by atoms with Gasteiger partial charge in [-0.2, -0.15) is 0 Å². The number of ether oxygens (including phenoxy) is 1. The van der Waals surface area contributed by atoms with Gasteiger partial charge in [-0.05, 0) is 27.2 Å². The Kier molecular flexibility index (Phi) is 2.81. The summed E-state index contributed by atoms with van der Waals surface area (Å²) in [4.78, 5) is 12.9. The molecule has 1 rings (SSSR count). The molecule has 0 saturated carbocycles. The van der Waals surface area contributed by atoms with Gasteiger partial charge < -0.3 is 9.64 Å². The van der Waals surface area contributed by atoms with Crippen molar-refractivity contribution in [3.05, 3.63) is 0 Å². The van der Waals surface area contributed by atoms with Crippen LogP contribution in [0.5, 0.6) is 0 Å². The highest BCUT2D eigenvalue weighted by Crippen LogP contribution is 2.20. The van der Waals surface area contributed by atoms with E-state index in [0.29, 0.717) is 6.54 Å². The minimum atomic E-state index is -0.472. The van der Waals surface area contributed by atoms with Gasteiger partial charge in [-0.15, -0.1) is 0 Å². The number of carbonyl (C=O) groups excluding carboxylic acids is 1. The monoisotopic (exact) mass is 186 g/mol. The smallest absolute Gasteiger partial charge is 0.410 e. The van der Waals surface area contributed by atoms with Gasteiger partial charge in [0.25, 0.3) is 0 Å². The van der Waals surface area contributed by atoms with Gasteiger partial charge in [0.1, 0.15) is 12.2 Å². The van der Waals surface area contributed by atoms with E-state index >= 15 is 0 Å². The molecule has 1 heterocycles. The Balaban J connectivity index is 2.40. The third kappa shape index (κ3) is 2.59. The molecule has 0 aromatic carbocycles. The molecule has 13 heavy (non-hydrogen) atoms. The molecule has 1 radical (unpaired) electrons. The summed E-state index contributed by atoms with van der Waals surface area (Å²) >= 11 is 0. The maximum absolute atomic E-state index is 11.4. The van der Waals surface area contributed by atoms with Crippen molar-refractivity contribution in [3.63, 3.8) is 0 Å². The third-order valence-corrected chi connectivity index (χ3v) is 1.96. The largest absolute Gasteiger partial charge is 0.444 e. The molecule has 1 saturated heterocycles. The van der Waals surface area contributed by atoms with Crippen LogP contribution in [0.15, 0.2) is 0 Å². The summed E-state index contributed by atoms with van der Waals surface area (Å²) in [5, 5.41) is 10.5. The van der Waals surface area contributed by atoms with Gasteiger partial charge in [-0.3, -0.25) is 0 Å². The van der Waals surface area contributed by atoms with Crippen LogP contribution in [0.1, 0.15) is 27.2 Å². The molecule has 0 N–H and O–H groups in total. The lowest BCUT2D eigenvalue weighted by Gasteiger charge is -2.39. The van der Waals surface area contributed by atoms with E-state index < -0.39 is 5.60 Å². The van der Waals surface area contributed by atoms with Crippen LogP contribution < -0.4 is 0 Å². The highest BCUT2D eigenvalue weighted by atomic mass is 16.6. The fourth-order valence-corrected chi connectivity index (χ4v) is 1.17. The van der Waals surface area contributed by atoms with Gasteiger partial charge in [0.2, 0.25) is 0 Å². The maximum atomic E-state index is 11.4. The number of likely N-dealkylation sites (tertiary alicyclic amines) is 1. The second-order valence-electron chi connectivity index (χ2n) is 4.28. The molecule has 1 amide bonds. The van der Waals surface area contributed by atoms with Gasteiger partial charge in [0.15, 0.2) is 0 Å². The molecule has 0 aromatic heterocycles. The summed E-state index contributed by atoms with van der Waals surface area (Å²) in [6, 6.07) is -0.144. The van der Waals surface area contributed by atoms with E-state index in [2.05, 4.69) is 0 Å². The lowest BCUT2D eigenvalue weighted by molar-refractivity contribution is -0.0250. The van der Waals surface area contributed by atoms with E-state index in [1.165, 1.54) is 4.90 Å². The average molecular weight is 186 g/mol. The minimum absolute atomic E-state index is 0.144. The molecule has 0 spiro atoms. The summed E-state index contributed by atoms with van der Waals surface area (Å²) in [5.41, 5.74) is -0.472. The van der Waals surface area contributed by atoms with E-state index in [0.717, 1.165) is 6.42 Å². The fourth-order valence-electron chi connectivity index (χ4n) is 1.17. The first-order valence-corrected chi connectivity index (χ1v) is 4.52. The average Bonchev–Trinajstić information content (AvgIpc) is 1.80. The van der Waals surface area contributed by atoms with Gasteiger partial charge in [0, 0.05) is 6.54 Å². The standard InChI is InChI=1S/C9H16NO3/c1-9(2,3)13-8(12)10-5-4-7(10)6-11/h7H,4-6H2,1-3H3/t7-/m0/s1. The van der Waals surface area contributed by atoms with Gasteiger partial charge in [0.05, 0.1) is 6.04 Å². The molecule has 4 heteroatoms. The molecule has 1 aliphatic rings. The Labute approximate surface area is 78.5 Å². The molecule has 0 unspecified atom stereocenters. The van der Waals surface area contributed by atoms with E-state index in [-0.39, 0.29) is 18.7 Å². The highest BCUT2D eigenvalue weighted by Gasteiger charge is 2.34. The number of rotatable bonds is 1. The van der Waals surface area contributed by atoms with Crippen molar-refractivity contribution < 1.29 is 14.6 Å². The number of hydrogen-bond acceptors (Lipinski definition) is 2. The number of carbonyl (C=O) groups is 1. The number of hydrogen-bond donors (Lipinski definition) is 0. The Hall–Kier alpha value is -0.770. The minimum Gasteiger partial charge on any atom is -0.444 e. The van der Waals surface area contributed by atoms with Crippen LogP contribution >= 0.6 is 0 Å². The Morgan fingerprint density at radius 1 is 1.54 bits per heavy atom. The van der Waals surface area contributed by atoms with Crippen LogP contribution in [0.3, 0.4) is 0 Å². The lowest BCUT2D eigenvalue weighted by atomic mass is 10.1. The summed E-state index contributed by atoms with van der Waals surface area (Å²) in [7, 11) is 0. The van der Waals surface area contributed by atoms with E-state index in [9.17, 15) is 9.90 Å². The first-order valence-electron chi connectivity index (χ1n) is 4.52. The molecule has 1 aliphatic heterocycles. The summed E-state index contributed by atoms with van der Waals surface area (Å²) in [6.07, 6.45) is 0.447. The van der Waals surface area contributed by atoms with Crippen LogP contribution in [0.2, 0.25) is 0 Å². The van der Waals surface area contributed by atoms with Crippen LogP contribution in [0, 0.1) is 0 Å². The van der Waals surface area contributed by atoms with Gasteiger partial charge in [-0.25, -0.2) is 9.90 Å². The number of amides is 1. The molecule has 1 atom stereocenters. The Morgan fingerprint density at radius 3 is 2.46 bits per heavy atom. The summed E-state index contributed by atoms with van der Waals surface area (Å²) in [5.74, 6) is 0. The van der Waals surface area contributed by atoms with Crippen molar-refractivity contribution in [1.29, 1.82) is 0 Å². The first kappa shape index (κ1) is 10.3. The van der Waals surface area contributed by atoms with Crippen LogP contribution in [0.4, 0.5) is 4.79 Å². The van der Waals surface area contributed by atoms with Gasteiger partial charge >= 0.3 is 6.09 Å². The van der Waals surface area contributed by atoms with Gasteiger partial charge in [-0.1, -0.05) is 0 Å². The third-order valence-electron chi connectivity index (χ3n) is 1.96. The Morgan fingerprint density at radius 2 is 2.15 bits per heavy atom. The zero-order valence-electron chi connectivity index (χ0n) is 8.37. The SMILES string of the molecule is CC(C)(C)OC(=O)N1CC[C@H]1C[O]. The van der Waals surface area contributed by atoms with Crippen molar-refractivity contribution in [3.8, 4) is 0 Å². The lowest BCUT2D eigenvalue weighted by Crippen LogP contribution is -2.54. The summed E-state index contributed by atoms with van der Waals surface area (Å²) < 4.78 is 5.12. The fraction of sp³-hybridized carbons (Fsp3) is 0.889. The van der Waals surface area contributed by atoms with Crippen molar-refractivity contribution in [2.75, 3.05) is 13.2 Å². The normalized spacial score (nSPS) is 22.5. The second-order valence-corrected chi connectivity index (χ2v) is 4.28. The molecule has 0 bridgehead atoms. The van der Waals surface area contributed by atoms with Crippen molar-refractivity contribution in [2.45, 2.75) is 38.8 Å². The molecular formula is C9H16NO3. The predicted octanol–water partition coefficient (Wildman–Crippen LogP) is 1.43. The zero-order valence-corrected chi connectivity index (χ0v) is 8.37. The van der Waals surface area contributed by atoms with E-state index in [1.54, 1.807) is 0 Å². The van der Waals surface area contributed by atoms with E-state index in [1.807, 2.05) is 20.8 Å². The van der Waals surface area contributed by atoms with Crippen LogP contribution in [-0.4, -0.2) is 35.8 Å². The zero-order chi connectivity index (χ0) is 10.1. The molecule has 0 aromatic rings. The topological polar surface area (TPSA) is 49.4 Å². The summed E-state index contributed by atoms with van der Waals surface area (Å²) in [6.45, 7) is 5.88. The second kappa shape index (κ2) is 3.54. The molecule has 75 valence electrons. The Bertz CT molecular complexity index is 196. The maximum Gasteiger partial charge on any atom is 0.410 e. The predicted molar refractivity (Wildman–Crippen MR) is 46.9 cm³/mol. The highest BCUT2D eigenvalue weighted by molar-refractivity contribution is 5.69. The van der Waals surface area contributed by atoms with Crippen molar-refractivity contribution in [2.24, 2.45) is 0 Å². The first-order chi connectivity index (χ1) is 5.94. The quantitative estimate of drug-likeness (QED) is 0.622. The molecule has 0 aliphatic carbocycles. The molecule has 4 nitrogen and oxygen atoms in total. The van der Waals surface area contributed by atoms with Crippen molar-refractivity contribution in [1.82, 2.24) is 4.90 Å². The molecular weight excluding hydrogens is 170 g/mol. The van der Waals surface area contributed by atoms with Crippen LogP contribution in [0.25, 0.3) is 0 Å². The number of nitrogens with zero attached hydrogens (tertiary/aromatic N) is 1. The van der Waals surface area contributed by atoms with E-state index in [4.69, 9.17) is 4.74 Å². The van der Waals surface area contributed by atoms with Crippen LogP contribution in [-0.2, 0) is 9.84 Å².